The molecule has 0 amide bonds. The number of carboxylic acid groups (broad SMARTS) is 1. The van der Waals surface area contributed by atoms with Crippen LogP contribution in [0, 0.1) is 5.82 Å². The number of aliphatic hydroxyl groups excluding tert-OH is 1. The molecule has 0 heterocycles. The normalized spacial score (nSPS) is 10.3. The van der Waals surface area contributed by atoms with Gasteiger partial charge < -0.3 is 10.2 Å². The van der Waals surface area contributed by atoms with Crippen LogP contribution in [0.4, 0.5) is 4.39 Å². The Morgan fingerprint density at radius 2 is 1.89 bits per heavy atom. The summed E-state index contributed by atoms with van der Waals surface area (Å²) in [5, 5.41) is 18.0. The molecular formula is C14H11FO3. The van der Waals surface area contributed by atoms with Crippen molar-refractivity contribution in [1.82, 2.24) is 0 Å². The van der Waals surface area contributed by atoms with Crippen LogP contribution >= 0.6 is 0 Å². The summed E-state index contributed by atoms with van der Waals surface area (Å²) in [6.45, 7) is -0.154. The summed E-state index contributed by atoms with van der Waals surface area (Å²) < 4.78 is 13.6. The molecule has 92 valence electrons. The third-order valence-electron chi connectivity index (χ3n) is 2.70. The number of halogens is 1. The number of hydrogen-bond acceptors (Lipinski definition) is 2. The third-order valence-corrected chi connectivity index (χ3v) is 2.70. The van der Waals surface area contributed by atoms with Gasteiger partial charge in [-0.05, 0) is 28.8 Å². The molecule has 0 saturated carbocycles. The van der Waals surface area contributed by atoms with Gasteiger partial charge in [-0.3, -0.25) is 0 Å². The van der Waals surface area contributed by atoms with Gasteiger partial charge in [-0.2, -0.15) is 0 Å². The first-order valence-electron chi connectivity index (χ1n) is 5.35. The summed E-state index contributed by atoms with van der Waals surface area (Å²) >= 11 is 0. The Balaban J connectivity index is 2.52. The lowest BCUT2D eigenvalue weighted by molar-refractivity contribution is 0.0692. The molecule has 3 nitrogen and oxygen atoms in total. The topological polar surface area (TPSA) is 57.5 Å². The van der Waals surface area contributed by atoms with E-state index < -0.39 is 11.8 Å². The van der Waals surface area contributed by atoms with Crippen molar-refractivity contribution in [3.63, 3.8) is 0 Å². The van der Waals surface area contributed by atoms with E-state index in [-0.39, 0.29) is 12.2 Å². The van der Waals surface area contributed by atoms with E-state index in [1.165, 1.54) is 12.1 Å². The highest BCUT2D eigenvalue weighted by molar-refractivity contribution is 5.88. The van der Waals surface area contributed by atoms with Crippen molar-refractivity contribution >= 4 is 5.97 Å². The van der Waals surface area contributed by atoms with Crippen molar-refractivity contribution in [3.8, 4) is 11.1 Å². The second kappa shape index (κ2) is 4.98. The van der Waals surface area contributed by atoms with Crippen LogP contribution in [-0.4, -0.2) is 16.2 Å². The minimum atomic E-state index is -1.30. The van der Waals surface area contributed by atoms with E-state index in [1.807, 2.05) is 0 Å². The molecule has 18 heavy (non-hydrogen) atoms. The number of hydrogen-bond donors (Lipinski definition) is 2. The van der Waals surface area contributed by atoms with Gasteiger partial charge in [-0.15, -0.1) is 0 Å². The smallest absolute Gasteiger partial charge is 0.338 e. The molecule has 2 aromatic carbocycles. The van der Waals surface area contributed by atoms with Crippen LogP contribution in [0.2, 0.25) is 0 Å². The van der Waals surface area contributed by atoms with E-state index in [2.05, 4.69) is 0 Å². The summed E-state index contributed by atoms with van der Waals surface area (Å²) in [5.41, 5.74) is 1.54. The maximum absolute atomic E-state index is 13.6. The molecule has 4 heteroatoms. The number of carboxylic acids is 1. The fourth-order valence-corrected chi connectivity index (χ4v) is 1.80. The fourth-order valence-electron chi connectivity index (χ4n) is 1.80. The molecule has 0 bridgehead atoms. The molecule has 0 aliphatic rings. The van der Waals surface area contributed by atoms with Crippen molar-refractivity contribution in [2.24, 2.45) is 0 Å². The lowest BCUT2D eigenvalue weighted by Crippen LogP contribution is -2.00. The summed E-state index contributed by atoms with van der Waals surface area (Å²) in [7, 11) is 0. The number of rotatable bonds is 3. The van der Waals surface area contributed by atoms with Gasteiger partial charge in [0.05, 0.1) is 12.2 Å². The zero-order chi connectivity index (χ0) is 13.1. The van der Waals surface area contributed by atoms with Gasteiger partial charge in [0.2, 0.25) is 0 Å². The minimum Gasteiger partial charge on any atom is -0.478 e. The molecule has 0 aliphatic heterocycles. The standard InChI is InChI=1S/C14H11FO3/c15-13-7-9(5-6-12(13)14(17)18)11-4-2-1-3-10(11)8-16/h1-7,16H,8H2,(H,17,18). The van der Waals surface area contributed by atoms with Crippen LogP contribution in [0.1, 0.15) is 15.9 Å². The van der Waals surface area contributed by atoms with Gasteiger partial charge in [-0.1, -0.05) is 30.3 Å². The first-order chi connectivity index (χ1) is 8.63. The molecule has 0 atom stereocenters. The predicted octanol–water partition coefficient (Wildman–Crippen LogP) is 2.68. The lowest BCUT2D eigenvalue weighted by atomic mass is 9.99. The Labute approximate surface area is 103 Å². The Morgan fingerprint density at radius 1 is 1.17 bits per heavy atom. The monoisotopic (exact) mass is 246 g/mol. The van der Waals surface area contributed by atoms with E-state index in [0.717, 1.165) is 6.07 Å². The van der Waals surface area contributed by atoms with E-state index in [1.54, 1.807) is 24.3 Å². The average Bonchev–Trinajstić information content (AvgIpc) is 2.38. The molecule has 0 spiro atoms. The van der Waals surface area contributed by atoms with Gasteiger partial charge in [0.15, 0.2) is 0 Å². The van der Waals surface area contributed by atoms with E-state index >= 15 is 0 Å². The highest BCUT2D eigenvalue weighted by atomic mass is 19.1. The maximum atomic E-state index is 13.6. The highest BCUT2D eigenvalue weighted by Gasteiger charge is 2.12. The van der Waals surface area contributed by atoms with Crippen LogP contribution in [0.5, 0.6) is 0 Å². The Bertz CT molecular complexity index is 593. The summed E-state index contributed by atoms with van der Waals surface area (Å²) in [6, 6.07) is 11.0. The second-order valence-electron chi connectivity index (χ2n) is 3.82. The quantitative estimate of drug-likeness (QED) is 0.875. The molecule has 0 aliphatic carbocycles. The first-order valence-corrected chi connectivity index (χ1v) is 5.35. The molecule has 0 radical (unpaired) electrons. The summed E-state index contributed by atoms with van der Waals surface area (Å²) in [6.07, 6.45) is 0. The first kappa shape index (κ1) is 12.3. The van der Waals surface area contributed by atoms with Crippen molar-refractivity contribution in [2.75, 3.05) is 0 Å². The Kier molecular flexibility index (Phi) is 3.39. The van der Waals surface area contributed by atoms with Gasteiger partial charge in [-0.25, -0.2) is 9.18 Å². The Hall–Kier alpha value is -2.20. The zero-order valence-electron chi connectivity index (χ0n) is 9.43. The molecule has 0 saturated heterocycles. The number of aliphatic hydroxyl groups is 1. The molecule has 0 unspecified atom stereocenters. The van der Waals surface area contributed by atoms with Crippen LogP contribution in [0.25, 0.3) is 11.1 Å². The van der Waals surface area contributed by atoms with E-state index in [4.69, 9.17) is 5.11 Å². The SMILES string of the molecule is O=C(O)c1ccc(-c2ccccc2CO)cc1F. The molecule has 0 fully saturated rings. The molecule has 0 aromatic heterocycles. The van der Waals surface area contributed by atoms with Gasteiger partial charge >= 0.3 is 5.97 Å². The van der Waals surface area contributed by atoms with Gasteiger partial charge in [0.25, 0.3) is 0 Å². The van der Waals surface area contributed by atoms with Crippen molar-refractivity contribution < 1.29 is 19.4 Å². The van der Waals surface area contributed by atoms with Crippen molar-refractivity contribution in [3.05, 3.63) is 59.4 Å². The van der Waals surface area contributed by atoms with E-state index in [9.17, 15) is 14.3 Å². The molecule has 2 N–H and O–H groups in total. The second-order valence-corrected chi connectivity index (χ2v) is 3.82. The zero-order valence-corrected chi connectivity index (χ0v) is 9.43. The van der Waals surface area contributed by atoms with Crippen molar-refractivity contribution in [1.29, 1.82) is 0 Å². The maximum Gasteiger partial charge on any atom is 0.338 e. The lowest BCUT2D eigenvalue weighted by Gasteiger charge is -2.08. The summed E-state index contributed by atoms with van der Waals surface area (Å²) in [5.74, 6) is -2.08. The minimum absolute atomic E-state index is 0.154. The number of aromatic carboxylic acids is 1. The number of benzene rings is 2. The molecule has 2 aromatic rings. The van der Waals surface area contributed by atoms with Gasteiger partial charge in [0, 0.05) is 0 Å². The fraction of sp³-hybridized carbons (Fsp3) is 0.0714. The van der Waals surface area contributed by atoms with Crippen molar-refractivity contribution in [2.45, 2.75) is 6.61 Å². The largest absolute Gasteiger partial charge is 0.478 e. The predicted molar refractivity (Wildman–Crippen MR) is 64.7 cm³/mol. The van der Waals surface area contributed by atoms with E-state index in [0.29, 0.717) is 16.7 Å². The third kappa shape index (κ3) is 2.24. The average molecular weight is 246 g/mol. The van der Waals surface area contributed by atoms with Crippen LogP contribution in [0.3, 0.4) is 0 Å². The van der Waals surface area contributed by atoms with Crippen LogP contribution in [0.15, 0.2) is 42.5 Å². The molecular weight excluding hydrogens is 235 g/mol. The number of carbonyl (C=O) groups is 1. The summed E-state index contributed by atoms with van der Waals surface area (Å²) in [4.78, 5) is 10.7. The Morgan fingerprint density at radius 3 is 2.50 bits per heavy atom. The van der Waals surface area contributed by atoms with Gasteiger partial charge in [0.1, 0.15) is 5.82 Å². The molecule has 2 rings (SSSR count). The van der Waals surface area contributed by atoms with Crippen LogP contribution < -0.4 is 0 Å². The van der Waals surface area contributed by atoms with Crippen LogP contribution in [-0.2, 0) is 6.61 Å². The highest BCUT2D eigenvalue weighted by Crippen LogP contribution is 2.25.